The van der Waals surface area contributed by atoms with E-state index in [-0.39, 0.29) is 0 Å². The number of methoxy groups -OCH3 is 1. The van der Waals surface area contributed by atoms with E-state index in [0.717, 1.165) is 36.2 Å². The molecular weight excluding hydrogens is 350 g/mol. The van der Waals surface area contributed by atoms with E-state index in [1.807, 2.05) is 42.7 Å². The first kappa shape index (κ1) is 19.5. The molecule has 0 radical (unpaired) electrons. The van der Waals surface area contributed by atoms with Gasteiger partial charge in [-0.15, -0.1) is 0 Å². The summed E-state index contributed by atoms with van der Waals surface area (Å²) in [4.78, 5) is 9.17. The molecule has 0 saturated carbocycles. The molecule has 1 heterocycles. The molecule has 0 aliphatic rings. The van der Waals surface area contributed by atoms with E-state index in [4.69, 9.17) is 4.74 Å². The minimum atomic E-state index is 0.539. The SMILES string of the molecule is CCNC(=NCc1ccccc1OC)NCc1nccn1Cc1ccccc1. The molecular formula is C22H27N5O. The smallest absolute Gasteiger partial charge is 0.191 e. The van der Waals surface area contributed by atoms with E-state index in [0.29, 0.717) is 13.1 Å². The van der Waals surface area contributed by atoms with Gasteiger partial charge < -0.3 is 19.9 Å². The standard InChI is InChI=1S/C22H27N5O/c1-3-23-22(25-15-19-11-7-8-12-20(19)28-2)26-16-21-24-13-14-27(21)17-18-9-5-4-6-10-18/h4-14H,3,15-17H2,1-2H3,(H2,23,25,26). The van der Waals surface area contributed by atoms with Crippen molar-refractivity contribution >= 4 is 5.96 Å². The summed E-state index contributed by atoms with van der Waals surface area (Å²) in [6.45, 7) is 4.77. The van der Waals surface area contributed by atoms with Crippen LogP contribution >= 0.6 is 0 Å². The van der Waals surface area contributed by atoms with E-state index >= 15 is 0 Å². The van der Waals surface area contributed by atoms with Gasteiger partial charge in [0.15, 0.2) is 5.96 Å². The highest BCUT2D eigenvalue weighted by Gasteiger charge is 2.06. The van der Waals surface area contributed by atoms with E-state index in [2.05, 4.69) is 56.4 Å². The third-order valence-electron chi connectivity index (χ3n) is 4.36. The fourth-order valence-corrected chi connectivity index (χ4v) is 2.93. The Hall–Kier alpha value is -3.28. The van der Waals surface area contributed by atoms with Crippen LogP contribution in [0.5, 0.6) is 5.75 Å². The number of nitrogens with one attached hydrogen (secondary N) is 2. The first-order valence-electron chi connectivity index (χ1n) is 9.48. The molecule has 0 fully saturated rings. The second kappa shape index (κ2) is 10.2. The summed E-state index contributed by atoms with van der Waals surface area (Å²) < 4.78 is 7.55. The minimum Gasteiger partial charge on any atom is -0.496 e. The number of benzene rings is 2. The molecule has 0 atom stereocenters. The molecule has 28 heavy (non-hydrogen) atoms. The molecule has 0 amide bonds. The Morgan fingerprint density at radius 1 is 1.07 bits per heavy atom. The van der Waals surface area contributed by atoms with Crippen molar-refractivity contribution in [2.75, 3.05) is 13.7 Å². The Bertz CT molecular complexity index is 889. The molecule has 0 saturated heterocycles. The van der Waals surface area contributed by atoms with E-state index in [1.165, 1.54) is 5.56 Å². The number of guanidine groups is 1. The van der Waals surface area contributed by atoms with Gasteiger partial charge in [-0.1, -0.05) is 48.5 Å². The number of imidazole rings is 1. The molecule has 2 N–H and O–H groups in total. The molecule has 3 rings (SSSR count). The lowest BCUT2D eigenvalue weighted by molar-refractivity contribution is 0.410. The molecule has 2 aromatic carbocycles. The van der Waals surface area contributed by atoms with Gasteiger partial charge in [-0.3, -0.25) is 0 Å². The first-order valence-corrected chi connectivity index (χ1v) is 9.48. The van der Waals surface area contributed by atoms with Gasteiger partial charge in [-0.05, 0) is 18.6 Å². The quantitative estimate of drug-likeness (QED) is 0.467. The molecule has 6 nitrogen and oxygen atoms in total. The molecule has 1 aromatic heterocycles. The van der Waals surface area contributed by atoms with Crippen LogP contribution in [-0.4, -0.2) is 29.2 Å². The van der Waals surface area contributed by atoms with E-state index < -0.39 is 0 Å². The lowest BCUT2D eigenvalue weighted by atomic mass is 10.2. The van der Waals surface area contributed by atoms with Crippen LogP contribution in [0.3, 0.4) is 0 Å². The monoisotopic (exact) mass is 377 g/mol. The van der Waals surface area contributed by atoms with Crippen molar-refractivity contribution in [3.05, 3.63) is 83.9 Å². The zero-order valence-electron chi connectivity index (χ0n) is 16.4. The predicted octanol–water partition coefficient (Wildman–Crippen LogP) is 3.20. The Morgan fingerprint density at radius 2 is 1.86 bits per heavy atom. The predicted molar refractivity (Wildman–Crippen MR) is 112 cm³/mol. The molecule has 0 aliphatic carbocycles. The van der Waals surface area contributed by atoms with Crippen molar-refractivity contribution in [1.82, 2.24) is 20.2 Å². The number of aliphatic imine (C=N–C) groups is 1. The highest BCUT2D eigenvalue weighted by Crippen LogP contribution is 2.17. The highest BCUT2D eigenvalue weighted by atomic mass is 16.5. The molecule has 3 aromatic rings. The number of hydrogen-bond donors (Lipinski definition) is 2. The molecule has 0 bridgehead atoms. The van der Waals surface area contributed by atoms with Crippen molar-refractivity contribution in [3.8, 4) is 5.75 Å². The average Bonchev–Trinajstić information content (AvgIpc) is 3.18. The van der Waals surface area contributed by atoms with Crippen LogP contribution in [-0.2, 0) is 19.6 Å². The maximum atomic E-state index is 5.41. The van der Waals surface area contributed by atoms with Crippen LogP contribution in [0.4, 0.5) is 0 Å². The van der Waals surface area contributed by atoms with Gasteiger partial charge in [0, 0.05) is 31.0 Å². The van der Waals surface area contributed by atoms with Gasteiger partial charge in [0.2, 0.25) is 0 Å². The van der Waals surface area contributed by atoms with Crippen LogP contribution in [0.15, 0.2) is 72.0 Å². The number of rotatable bonds is 8. The number of hydrogen-bond acceptors (Lipinski definition) is 3. The molecule has 0 unspecified atom stereocenters. The van der Waals surface area contributed by atoms with Crippen molar-refractivity contribution in [1.29, 1.82) is 0 Å². The zero-order chi connectivity index (χ0) is 19.6. The molecule has 6 heteroatoms. The number of ether oxygens (including phenoxy) is 1. The van der Waals surface area contributed by atoms with Crippen molar-refractivity contribution in [2.24, 2.45) is 4.99 Å². The summed E-state index contributed by atoms with van der Waals surface area (Å²) in [5.41, 5.74) is 2.30. The Kier molecular flexibility index (Phi) is 7.07. The van der Waals surface area contributed by atoms with Crippen molar-refractivity contribution < 1.29 is 4.74 Å². The van der Waals surface area contributed by atoms with Gasteiger partial charge in [0.1, 0.15) is 11.6 Å². The third-order valence-corrected chi connectivity index (χ3v) is 4.36. The van der Waals surface area contributed by atoms with Crippen LogP contribution < -0.4 is 15.4 Å². The second-order valence-corrected chi connectivity index (χ2v) is 6.32. The normalized spacial score (nSPS) is 11.3. The summed E-state index contributed by atoms with van der Waals surface area (Å²) in [5.74, 6) is 2.56. The Labute approximate surface area is 166 Å². The van der Waals surface area contributed by atoms with Crippen LogP contribution in [0.2, 0.25) is 0 Å². The maximum Gasteiger partial charge on any atom is 0.191 e. The largest absolute Gasteiger partial charge is 0.496 e. The summed E-state index contributed by atoms with van der Waals surface area (Å²) in [7, 11) is 1.68. The van der Waals surface area contributed by atoms with Gasteiger partial charge >= 0.3 is 0 Å². The molecule has 146 valence electrons. The fraction of sp³-hybridized carbons (Fsp3) is 0.273. The number of aromatic nitrogens is 2. The summed E-state index contributed by atoms with van der Waals surface area (Å²) in [5, 5.41) is 6.65. The second-order valence-electron chi connectivity index (χ2n) is 6.32. The molecule has 0 spiro atoms. The van der Waals surface area contributed by atoms with E-state index in [1.54, 1.807) is 7.11 Å². The summed E-state index contributed by atoms with van der Waals surface area (Å²) in [6, 6.07) is 18.3. The van der Waals surface area contributed by atoms with Crippen LogP contribution in [0, 0.1) is 0 Å². The number of nitrogens with zero attached hydrogens (tertiary/aromatic N) is 3. The Morgan fingerprint density at radius 3 is 2.64 bits per heavy atom. The van der Waals surface area contributed by atoms with Gasteiger partial charge in [-0.25, -0.2) is 9.98 Å². The third kappa shape index (κ3) is 5.36. The lowest BCUT2D eigenvalue weighted by Gasteiger charge is -2.13. The average molecular weight is 377 g/mol. The summed E-state index contributed by atoms with van der Waals surface area (Å²) in [6.07, 6.45) is 3.84. The first-order chi connectivity index (χ1) is 13.8. The lowest BCUT2D eigenvalue weighted by Crippen LogP contribution is -2.37. The fourth-order valence-electron chi connectivity index (χ4n) is 2.93. The van der Waals surface area contributed by atoms with Gasteiger partial charge in [0.25, 0.3) is 0 Å². The van der Waals surface area contributed by atoms with Crippen molar-refractivity contribution in [3.63, 3.8) is 0 Å². The minimum absolute atomic E-state index is 0.539. The van der Waals surface area contributed by atoms with Crippen LogP contribution in [0.25, 0.3) is 0 Å². The maximum absolute atomic E-state index is 5.41. The van der Waals surface area contributed by atoms with Gasteiger partial charge in [-0.2, -0.15) is 0 Å². The highest BCUT2D eigenvalue weighted by molar-refractivity contribution is 5.79. The van der Waals surface area contributed by atoms with Gasteiger partial charge in [0.05, 0.1) is 20.2 Å². The van der Waals surface area contributed by atoms with E-state index in [9.17, 15) is 0 Å². The zero-order valence-corrected chi connectivity index (χ0v) is 16.4. The number of para-hydroxylation sites is 1. The molecule has 0 aliphatic heterocycles. The topological polar surface area (TPSA) is 63.5 Å². The summed E-state index contributed by atoms with van der Waals surface area (Å²) >= 11 is 0. The Balaban J connectivity index is 1.65. The van der Waals surface area contributed by atoms with Crippen LogP contribution in [0.1, 0.15) is 23.9 Å². The van der Waals surface area contributed by atoms with Crippen molar-refractivity contribution in [2.45, 2.75) is 26.6 Å².